The molecule has 0 aromatic heterocycles. The van der Waals surface area contributed by atoms with Crippen LogP contribution in [0.5, 0.6) is 5.75 Å². The Morgan fingerprint density at radius 3 is 2.40 bits per heavy atom. The van der Waals surface area contributed by atoms with Crippen molar-refractivity contribution in [3.63, 3.8) is 0 Å². The molecule has 0 saturated carbocycles. The molecule has 0 spiro atoms. The maximum absolute atomic E-state index is 14.1. The summed E-state index contributed by atoms with van der Waals surface area (Å²) in [6, 6.07) is 10.8. The topological polar surface area (TPSA) is 64.6 Å². The molecule has 0 fully saturated rings. The lowest BCUT2D eigenvalue weighted by Crippen LogP contribution is -2.40. The summed E-state index contributed by atoms with van der Waals surface area (Å²) in [5.41, 5.74) is -0.304. The molecular weight excluding hydrogens is 345 g/mol. The number of hydrogen-bond donors (Lipinski definition) is 1. The van der Waals surface area contributed by atoms with E-state index in [1.165, 1.54) is 26.4 Å². The van der Waals surface area contributed by atoms with Gasteiger partial charge in [0, 0.05) is 19.2 Å². The Bertz CT molecular complexity index is 854. The monoisotopic (exact) mass is 367 g/mol. The molecule has 0 amide bonds. The van der Waals surface area contributed by atoms with E-state index >= 15 is 0 Å². The molecule has 1 unspecified atom stereocenters. The fourth-order valence-corrected chi connectivity index (χ4v) is 3.88. The number of sulfonamides is 1. The molecule has 5 nitrogen and oxygen atoms in total. The van der Waals surface area contributed by atoms with E-state index in [0.29, 0.717) is 11.3 Å². The van der Waals surface area contributed by atoms with Crippen LogP contribution >= 0.6 is 0 Å². The normalized spacial score (nSPS) is 14.1. The van der Waals surface area contributed by atoms with Crippen molar-refractivity contribution in [3.8, 4) is 5.75 Å². The van der Waals surface area contributed by atoms with Crippen LogP contribution in [0.1, 0.15) is 18.1 Å². The zero-order valence-electron chi connectivity index (χ0n) is 14.7. The van der Waals surface area contributed by atoms with Crippen molar-refractivity contribution < 1.29 is 22.3 Å². The molecule has 1 N–H and O–H groups in total. The van der Waals surface area contributed by atoms with Crippen molar-refractivity contribution >= 4 is 10.0 Å². The summed E-state index contributed by atoms with van der Waals surface area (Å²) in [6.45, 7) is 3.20. The summed E-state index contributed by atoms with van der Waals surface area (Å²) in [6.07, 6.45) is 0. The first-order chi connectivity index (χ1) is 11.7. The van der Waals surface area contributed by atoms with E-state index in [-0.39, 0.29) is 17.0 Å². The van der Waals surface area contributed by atoms with Crippen molar-refractivity contribution in [2.24, 2.45) is 0 Å². The quantitative estimate of drug-likeness (QED) is 0.817. The maximum atomic E-state index is 14.1. The zero-order valence-corrected chi connectivity index (χ0v) is 15.5. The summed E-state index contributed by atoms with van der Waals surface area (Å²) < 4.78 is 52.4. The SMILES string of the molecule is COc1ccc(S(=O)(=O)NCC(C)(OC)c2ccccc2F)c(C)c1. The first kappa shape index (κ1) is 19.4. The van der Waals surface area contributed by atoms with Crippen LogP contribution < -0.4 is 9.46 Å². The predicted molar refractivity (Wildman–Crippen MR) is 93.7 cm³/mol. The minimum atomic E-state index is -3.79. The molecule has 136 valence electrons. The van der Waals surface area contributed by atoms with Crippen LogP contribution in [0.4, 0.5) is 4.39 Å². The van der Waals surface area contributed by atoms with Gasteiger partial charge in [0.05, 0.1) is 12.0 Å². The Balaban J connectivity index is 2.27. The molecule has 2 rings (SSSR count). The van der Waals surface area contributed by atoms with Gasteiger partial charge in [0.2, 0.25) is 10.0 Å². The van der Waals surface area contributed by atoms with Crippen molar-refractivity contribution in [2.45, 2.75) is 24.3 Å². The van der Waals surface area contributed by atoms with Crippen LogP contribution in [-0.2, 0) is 20.4 Å². The van der Waals surface area contributed by atoms with Gasteiger partial charge in [0.1, 0.15) is 17.2 Å². The van der Waals surface area contributed by atoms with E-state index in [2.05, 4.69) is 4.72 Å². The van der Waals surface area contributed by atoms with Gasteiger partial charge in [-0.3, -0.25) is 0 Å². The van der Waals surface area contributed by atoms with Gasteiger partial charge < -0.3 is 9.47 Å². The van der Waals surface area contributed by atoms with Crippen molar-refractivity contribution in [2.75, 3.05) is 20.8 Å². The van der Waals surface area contributed by atoms with E-state index in [9.17, 15) is 12.8 Å². The lowest BCUT2D eigenvalue weighted by molar-refractivity contribution is 0.00410. The van der Waals surface area contributed by atoms with E-state index in [4.69, 9.17) is 9.47 Å². The molecule has 0 bridgehead atoms. The van der Waals surface area contributed by atoms with Crippen LogP contribution in [0, 0.1) is 12.7 Å². The zero-order chi connectivity index (χ0) is 18.7. The first-order valence-electron chi connectivity index (χ1n) is 7.68. The summed E-state index contributed by atoms with van der Waals surface area (Å²) in [5, 5.41) is 0. The van der Waals surface area contributed by atoms with Crippen molar-refractivity contribution in [3.05, 3.63) is 59.4 Å². The number of methoxy groups -OCH3 is 2. The number of hydrogen-bond acceptors (Lipinski definition) is 4. The second kappa shape index (κ2) is 7.51. The average Bonchev–Trinajstić information content (AvgIpc) is 2.59. The lowest BCUT2D eigenvalue weighted by atomic mass is 9.95. The fourth-order valence-electron chi connectivity index (χ4n) is 2.53. The van der Waals surface area contributed by atoms with Gasteiger partial charge in [0.15, 0.2) is 0 Å². The summed E-state index contributed by atoms with van der Waals surface area (Å²) in [4.78, 5) is 0.139. The molecular formula is C18H22FNO4S. The standard InChI is InChI=1S/C18H22FNO4S/c1-13-11-14(23-3)9-10-17(13)25(21,22)20-12-18(2,24-4)15-7-5-6-8-16(15)19/h5-11,20H,12H2,1-4H3. The van der Waals surface area contributed by atoms with E-state index in [0.717, 1.165) is 0 Å². The number of rotatable bonds is 7. The van der Waals surface area contributed by atoms with Crippen LogP contribution in [0.15, 0.2) is 47.4 Å². The average molecular weight is 367 g/mol. The Hall–Kier alpha value is -1.96. The molecule has 2 aromatic rings. The molecule has 0 heterocycles. The minimum absolute atomic E-state index is 0.113. The van der Waals surface area contributed by atoms with Gasteiger partial charge in [0.25, 0.3) is 0 Å². The minimum Gasteiger partial charge on any atom is -0.497 e. The highest BCUT2D eigenvalue weighted by molar-refractivity contribution is 7.89. The summed E-state index contributed by atoms with van der Waals surface area (Å²) >= 11 is 0. The van der Waals surface area contributed by atoms with E-state index in [1.54, 1.807) is 44.2 Å². The van der Waals surface area contributed by atoms with Gasteiger partial charge in [-0.15, -0.1) is 0 Å². The lowest BCUT2D eigenvalue weighted by Gasteiger charge is -2.29. The van der Waals surface area contributed by atoms with Gasteiger partial charge in [-0.05, 0) is 43.7 Å². The summed E-state index contributed by atoms with van der Waals surface area (Å²) in [5.74, 6) is 0.121. The summed E-state index contributed by atoms with van der Waals surface area (Å²) in [7, 11) is -0.859. The molecule has 0 aliphatic carbocycles. The highest BCUT2D eigenvalue weighted by Crippen LogP contribution is 2.27. The predicted octanol–water partition coefficient (Wildman–Crippen LogP) is 2.98. The number of halogens is 1. The number of nitrogens with one attached hydrogen (secondary N) is 1. The Morgan fingerprint density at radius 1 is 1.16 bits per heavy atom. The van der Waals surface area contributed by atoms with Gasteiger partial charge in [-0.25, -0.2) is 17.5 Å². The molecule has 1 atom stereocenters. The van der Waals surface area contributed by atoms with Crippen LogP contribution in [0.2, 0.25) is 0 Å². The molecule has 25 heavy (non-hydrogen) atoms. The molecule has 2 aromatic carbocycles. The van der Waals surface area contributed by atoms with Crippen molar-refractivity contribution in [1.82, 2.24) is 4.72 Å². The van der Waals surface area contributed by atoms with Crippen LogP contribution in [0.25, 0.3) is 0 Å². The van der Waals surface area contributed by atoms with Gasteiger partial charge >= 0.3 is 0 Å². The number of aryl methyl sites for hydroxylation is 1. The van der Waals surface area contributed by atoms with Crippen LogP contribution in [-0.4, -0.2) is 29.2 Å². The maximum Gasteiger partial charge on any atom is 0.240 e. The molecule has 0 saturated heterocycles. The number of ether oxygens (including phenoxy) is 2. The fraction of sp³-hybridized carbons (Fsp3) is 0.333. The smallest absolute Gasteiger partial charge is 0.240 e. The first-order valence-corrected chi connectivity index (χ1v) is 9.16. The largest absolute Gasteiger partial charge is 0.497 e. The third-order valence-electron chi connectivity index (χ3n) is 4.17. The van der Waals surface area contributed by atoms with E-state index < -0.39 is 21.4 Å². The second-order valence-corrected chi connectivity index (χ2v) is 7.61. The van der Waals surface area contributed by atoms with E-state index in [1.807, 2.05) is 0 Å². The van der Waals surface area contributed by atoms with Gasteiger partial charge in [-0.1, -0.05) is 18.2 Å². The molecule has 7 heteroatoms. The molecule has 0 radical (unpaired) electrons. The highest BCUT2D eigenvalue weighted by atomic mass is 32.2. The Kier molecular flexibility index (Phi) is 5.82. The number of benzene rings is 2. The van der Waals surface area contributed by atoms with Crippen LogP contribution in [0.3, 0.4) is 0 Å². The third-order valence-corrected chi connectivity index (χ3v) is 5.73. The third kappa shape index (κ3) is 4.18. The molecule has 0 aliphatic heterocycles. The molecule has 0 aliphatic rings. The Morgan fingerprint density at radius 2 is 1.84 bits per heavy atom. The van der Waals surface area contributed by atoms with Gasteiger partial charge in [-0.2, -0.15) is 0 Å². The Labute approximate surface area is 147 Å². The van der Waals surface area contributed by atoms with Crippen molar-refractivity contribution in [1.29, 1.82) is 0 Å². The highest BCUT2D eigenvalue weighted by Gasteiger charge is 2.31. The second-order valence-electron chi connectivity index (χ2n) is 5.87.